The van der Waals surface area contributed by atoms with E-state index < -0.39 is 6.04 Å². The molecule has 0 aliphatic heterocycles. The first kappa shape index (κ1) is 13.1. The molecule has 0 radical (unpaired) electrons. The molecule has 1 aromatic carbocycles. The van der Waals surface area contributed by atoms with Crippen LogP contribution in [0.4, 0.5) is 0 Å². The summed E-state index contributed by atoms with van der Waals surface area (Å²) in [5.41, 5.74) is 1.36. The fourth-order valence-electron chi connectivity index (χ4n) is 1.86. The van der Waals surface area contributed by atoms with Crippen LogP contribution >= 0.6 is 0 Å². The normalized spacial score (nSPS) is 12.1. The molecule has 0 fully saturated rings. The summed E-state index contributed by atoms with van der Waals surface area (Å²) in [6.45, 7) is 4.04. The molecule has 5 heteroatoms. The van der Waals surface area contributed by atoms with Gasteiger partial charge in [0, 0.05) is 17.4 Å². The summed E-state index contributed by atoms with van der Waals surface area (Å²) < 4.78 is 0. The first-order valence-corrected chi connectivity index (χ1v) is 6.28. The number of hydrogen-bond donors (Lipinski definition) is 3. The summed E-state index contributed by atoms with van der Waals surface area (Å²) in [7, 11) is 0. The lowest BCUT2D eigenvalue weighted by atomic mass is 10.2. The second-order valence-electron chi connectivity index (χ2n) is 4.36. The number of rotatable bonds is 4. The molecule has 5 nitrogen and oxygen atoms in total. The molecule has 1 aromatic heterocycles. The predicted octanol–water partition coefficient (Wildman–Crippen LogP) is 1.42. The van der Waals surface area contributed by atoms with Crippen molar-refractivity contribution in [2.45, 2.75) is 19.9 Å². The lowest BCUT2D eigenvalue weighted by molar-refractivity contribution is -0.122. The van der Waals surface area contributed by atoms with Gasteiger partial charge in [0.25, 0.3) is 5.91 Å². The maximum atomic E-state index is 12.0. The summed E-state index contributed by atoms with van der Waals surface area (Å²) >= 11 is 0. The minimum Gasteiger partial charge on any atom is -0.355 e. The second-order valence-corrected chi connectivity index (χ2v) is 4.36. The Bertz CT molecular complexity index is 571. The largest absolute Gasteiger partial charge is 0.355 e. The molecule has 100 valence electrons. The highest BCUT2D eigenvalue weighted by Crippen LogP contribution is 2.14. The summed E-state index contributed by atoms with van der Waals surface area (Å²) in [6, 6.07) is 8.86. The zero-order valence-electron chi connectivity index (χ0n) is 11.0. The Morgan fingerprint density at radius 1 is 1.32 bits per heavy atom. The molecule has 0 bridgehead atoms. The van der Waals surface area contributed by atoms with E-state index in [0.29, 0.717) is 12.2 Å². The van der Waals surface area contributed by atoms with Gasteiger partial charge in [-0.15, -0.1) is 0 Å². The molecule has 1 heterocycles. The zero-order chi connectivity index (χ0) is 13.8. The number of H-pyrrole nitrogens is 1. The van der Waals surface area contributed by atoms with E-state index in [1.165, 1.54) is 0 Å². The van der Waals surface area contributed by atoms with Gasteiger partial charge in [-0.1, -0.05) is 18.2 Å². The monoisotopic (exact) mass is 259 g/mol. The zero-order valence-corrected chi connectivity index (χ0v) is 11.0. The first-order valence-electron chi connectivity index (χ1n) is 6.28. The van der Waals surface area contributed by atoms with E-state index >= 15 is 0 Å². The van der Waals surface area contributed by atoms with Crippen molar-refractivity contribution in [1.82, 2.24) is 15.6 Å². The predicted molar refractivity (Wildman–Crippen MR) is 73.9 cm³/mol. The Morgan fingerprint density at radius 2 is 2.05 bits per heavy atom. The fourth-order valence-corrected chi connectivity index (χ4v) is 1.86. The highest BCUT2D eigenvalue weighted by atomic mass is 16.2. The van der Waals surface area contributed by atoms with Crippen LogP contribution in [0.2, 0.25) is 0 Å². The van der Waals surface area contributed by atoms with Gasteiger partial charge in [-0.05, 0) is 26.0 Å². The lowest BCUT2D eigenvalue weighted by Crippen LogP contribution is -2.44. The average Bonchev–Trinajstić information content (AvgIpc) is 2.82. The molecule has 0 aliphatic rings. The average molecular weight is 259 g/mol. The van der Waals surface area contributed by atoms with E-state index in [-0.39, 0.29) is 11.8 Å². The number of carbonyl (C=O) groups is 2. The summed E-state index contributed by atoms with van der Waals surface area (Å²) in [6.07, 6.45) is 0. The Morgan fingerprint density at radius 3 is 2.74 bits per heavy atom. The van der Waals surface area contributed by atoms with Gasteiger partial charge in [-0.25, -0.2) is 0 Å². The highest BCUT2D eigenvalue weighted by molar-refractivity contribution is 6.00. The number of para-hydroxylation sites is 1. The van der Waals surface area contributed by atoms with Crippen molar-refractivity contribution in [2.75, 3.05) is 6.54 Å². The van der Waals surface area contributed by atoms with E-state index in [9.17, 15) is 9.59 Å². The molecule has 2 amide bonds. The third-order valence-corrected chi connectivity index (χ3v) is 2.87. The van der Waals surface area contributed by atoms with Crippen molar-refractivity contribution in [3.05, 3.63) is 36.0 Å². The number of likely N-dealkylation sites (N-methyl/N-ethyl adjacent to an activating group) is 1. The number of aromatic nitrogens is 1. The van der Waals surface area contributed by atoms with Crippen LogP contribution in [0.25, 0.3) is 10.9 Å². The van der Waals surface area contributed by atoms with E-state index in [1.807, 2.05) is 31.2 Å². The Labute approximate surface area is 111 Å². The Hall–Kier alpha value is -2.30. The summed E-state index contributed by atoms with van der Waals surface area (Å²) in [4.78, 5) is 26.6. The minimum absolute atomic E-state index is 0.188. The van der Waals surface area contributed by atoms with Crippen molar-refractivity contribution in [3.8, 4) is 0 Å². The second kappa shape index (κ2) is 5.56. The molecular formula is C14H17N3O2. The number of hydrogen-bond acceptors (Lipinski definition) is 2. The van der Waals surface area contributed by atoms with Crippen LogP contribution in [0.15, 0.2) is 30.3 Å². The van der Waals surface area contributed by atoms with Gasteiger partial charge in [0.2, 0.25) is 5.91 Å². The van der Waals surface area contributed by atoms with Crippen LogP contribution in [0, 0.1) is 0 Å². The van der Waals surface area contributed by atoms with Gasteiger partial charge in [0.1, 0.15) is 11.7 Å². The first-order chi connectivity index (χ1) is 9.11. The molecule has 2 rings (SSSR count). The summed E-state index contributed by atoms with van der Waals surface area (Å²) in [5.74, 6) is -0.470. The molecule has 1 atom stereocenters. The van der Waals surface area contributed by atoms with E-state index in [0.717, 1.165) is 10.9 Å². The van der Waals surface area contributed by atoms with Gasteiger partial charge in [-0.2, -0.15) is 0 Å². The Kier molecular flexibility index (Phi) is 3.85. The van der Waals surface area contributed by atoms with Crippen molar-refractivity contribution < 1.29 is 9.59 Å². The molecule has 0 saturated carbocycles. The van der Waals surface area contributed by atoms with Gasteiger partial charge >= 0.3 is 0 Å². The SMILES string of the molecule is CCNC(=O)[C@@H](C)NC(=O)c1cc2ccccc2[nH]1. The molecule has 19 heavy (non-hydrogen) atoms. The molecule has 2 aromatic rings. The maximum Gasteiger partial charge on any atom is 0.268 e. The number of fused-ring (bicyclic) bond motifs is 1. The van der Waals surface area contributed by atoms with Crippen LogP contribution < -0.4 is 10.6 Å². The number of aromatic amines is 1. The quantitative estimate of drug-likeness (QED) is 0.777. The lowest BCUT2D eigenvalue weighted by Gasteiger charge is -2.12. The van der Waals surface area contributed by atoms with Crippen LogP contribution in [-0.2, 0) is 4.79 Å². The number of carbonyl (C=O) groups excluding carboxylic acids is 2. The van der Waals surface area contributed by atoms with Crippen LogP contribution in [0.3, 0.4) is 0 Å². The molecule has 0 aliphatic carbocycles. The van der Waals surface area contributed by atoms with Crippen LogP contribution in [0.1, 0.15) is 24.3 Å². The van der Waals surface area contributed by atoms with E-state index in [2.05, 4.69) is 15.6 Å². The topological polar surface area (TPSA) is 74.0 Å². The molecule has 0 spiro atoms. The van der Waals surface area contributed by atoms with Gasteiger partial charge in [0.15, 0.2) is 0 Å². The minimum atomic E-state index is -0.557. The van der Waals surface area contributed by atoms with Crippen molar-refractivity contribution in [2.24, 2.45) is 0 Å². The number of amides is 2. The van der Waals surface area contributed by atoms with E-state index in [1.54, 1.807) is 13.0 Å². The van der Waals surface area contributed by atoms with Crippen LogP contribution in [-0.4, -0.2) is 29.4 Å². The van der Waals surface area contributed by atoms with Gasteiger partial charge < -0.3 is 15.6 Å². The van der Waals surface area contributed by atoms with Gasteiger partial charge in [0.05, 0.1) is 0 Å². The molecular weight excluding hydrogens is 242 g/mol. The van der Waals surface area contributed by atoms with Crippen molar-refractivity contribution >= 4 is 22.7 Å². The van der Waals surface area contributed by atoms with Crippen molar-refractivity contribution in [1.29, 1.82) is 0 Å². The van der Waals surface area contributed by atoms with Crippen molar-refractivity contribution in [3.63, 3.8) is 0 Å². The molecule has 0 unspecified atom stereocenters. The van der Waals surface area contributed by atoms with Crippen LogP contribution in [0.5, 0.6) is 0 Å². The number of benzene rings is 1. The standard InChI is InChI=1S/C14H17N3O2/c1-3-15-13(18)9(2)16-14(19)12-8-10-6-4-5-7-11(10)17-12/h4-9,17H,3H2,1-2H3,(H,15,18)(H,16,19)/t9-/m1/s1. The Balaban J connectivity index is 2.09. The fraction of sp³-hybridized carbons (Fsp3) is 0.286. The number of nitrogens with one attached hydrogen (secondary N) is 3. The third-order valence-electron chi connectivity index (χ3n) is 2.87. The smallest absolute Gasteiger partial charge is 0.268 e. The maximum absolute atomic E-state index is 12.0. The molecule has 0 saturated heterocycles. The molecule has 3 N–H and O–H groups in total. The van der Waals surface area contributed by atoms with E-state index in [4.69, 9.17) is 0 Å². The highest BCUT2D eigenvalue weighted by Gasteiger charge is 2.16. The third kappa shape index (κ3) is 2.93. The summed E-state index contributed by atoms with van der Waals surface area (Å²) in [5, 5.41) is 6.29. The van der Waals surface area contributed by atoms with Gasteiger partial charge in [-0.3, -0.25) is 9.59 Å².